The van der Waals surface area contributed by atoms with Gasteiger partial charge in [0, 0.05) is 6.07 Å². The molecule has 0 atom stereocenters. The Bertz CT molecular complexity index is 559. The van der Waals surface area contributed by atoms with Crippen molar-refractivity contribution < 1.29 is 13.9 Å². The Balaban J connectivity index is 2.03. The Morgan fingerprint density at radius 1 is 1.00 bits per heavy atom. The van der Waals surface area contributed by atoms with Crippen LogP contribution in [0, 0.1) is 5.82 Å². The lowest BCUT2D eigenvalue weighted by atomic mass is 10.2. The van der Waals surface area contributed by atoms with Crippen molar-refractivity contribution in [2.24, 2.45) is 0 Å². The Labute approximate surface area is 119 Å². The monoisotopic (exact) mass is 274 g/mol. The van der Waals surface area contributed by atoms with Crippen molar-refractivity contribution in [1.82, 2.24) is 0 Å². The van der Waals surface area contributed by atoms with E-state index in [1.807, 2.05) is 51.1 Å². The molecule has 2 aromatic rings. The summed E-state index contributed by atoms with van der Waals surface area (Å²) in [5, 5.41) is 0. The van der Waals surface area contributed by atoms with Gasteiger partial charge in [0.2, 0.25) is 0 Å². The molecule has 0 bridgehead atoms. The van der Waals surface area contributed by atoms with Crippen LogP contribution >= 0.6 is 0 Å². The van der Waals surface area contributed by atoms with Crippen LogP contribution in [0.15, 0.2) is 48.5 Å². The van der Waals surface area contributed by atoms with Gasteiger partial charge in [-0.05, 0) is 38.5 Å². The second-order valence-electron chi connectivity index (χ2n) is 5.58. The van der Waals surface area contributed by atoms with Gasteiger partial charge >= 0.3 is 0 Å². The van der Waals surface area contributed by atoms with Gasteiger partial charge in [-0.15, -0.1) is 0 Å². The van der Waals surface area contributed by atoms with Crippen molar-refractivity contribution in [2.45, 2.75) is 33.0 Å². The second kappa shape index (κ2) is 5.95. The van der Waals surface area contributed by atoms with Gasteiger partial charge in [-0.25, -0.2) is 4.39 Å². The van der Waals surface area contributed by atoms with Gasteiger partial charge in [0.05, 0.1) is 0 Å². The van der Waals surface area contributed by atoms with Crippen LogP contribution in [-0.2, 0) is 6.61 Å². The highest BCUT2D eigenvalue weighted by molar-refractivity contribution is 5.33. The van der Waals surface area contributed by atoms with E-state index in [-0.39, 0.29) is 11.4 Å². The van der Waals surface area contributed by atoms with E-state index in [1.54, 1.807) is 12.1 Å². The van der Waals surface area contributed by atoms with Crippen LogP contribution in [0.1, 0.15) is 26.3 Å². The molecule has 0 aromatic heterocycles. The molecule has 0 saturated heterocycles. The molecule has 0 saturated carbocycles. The largest absolute Gasteiger partial charge is 0.488 e. The molecule has 0 aliphatic rings. The van der Waals surface area contributed by atoms with Crippen molar-refractivity contribution in [3.8, 4) is 11.5 Å². The van der Waals surface area contributed by atoms with Crippen molar-refractivity contribution in [3.05, 3.63) is 59.9 Å². The minimum absolute atomic E-state index is 0.232. The third kappa shape index (κ3) is 4.26. The molecule has 3 heteroatoms. The van der Waals surface area contributed by atoms with Crippen molar-refractivity contribution in [2.75, 3.05) is 0 Å². The molecular formula is C17H19FO2. The first kappa shape index (κ1) is 14.4. The summed E-state index contributed by atoms with van der Waals surface area (Å²) in [7, 11) is 0. The predicted octanol–water partition coefficient (Wildman–Crippen LogP) is 4.58. The van der Waals surface area contributed by atoms with Crippen LogP contribution in [0.2, 0.25) is 0 Å². The molecule has 106 valence electrons. The summed E-state index contributed by atoms with van der Waals surface area (Å²) < 4.78 is 25.0. The lowest BCUT2D eigenvalue weighted by Crippen LogP contribution is -2.22. The highest BCUT2D eigenvalue weighted by Crippen LogP contribution is 2.25. The average molecular weight is 274 g/mol. The summed E-state index contributed by atoms with van der Waals surface area (Å²) in [6.07, 6.45) is 0. The van der Waals surface area contributed by atoms with Crippen LogP contribution in [0.4, 0.5) is 4.39 Å². The molecule has 0 spiro atoms. The number of rotatable bonds is 4. The molecule has 0 aliphatic carbocycles. The molecule has 0 heterocycles. The molecule has 0 radical (unpaired) electrons. The van der Waals surface area contributed by atoms with E-state index in [2.05, 4.69) is 0 Å². The summed E-state index contributed by atoms with van der Waals surface area (Å²) in [6, 6.07) is 14.3. The van der Waals surface area contributed by atoms with Gasteiger partial charge in [-0.3, -0.25) is 0 Å². The van der Waals surface area contributed by atoms with Crippen molar-refractivity contribution >= 4 is 0 Å². The third-order valence-corrected chi connectivity index (χ3v) is 2.56. The first-order valence-electron chi connectivity index (χ1n) is 6.59. The standard InChI is InChI=1S/C17H19FO2/c1-17(2,3)20-14-9-10-16(15(18)11-14)19-12-13-7-5-4-6-8-13/h4-11H,12H2,1-3H3. The molecule has 2 aromatic carbocycles. The van der Waals surface area contributed by atoms with E-state index in [0.717, 1.165) is 5.56 Å². The number of benzene rings is 2. The smallest absolute Gasteiger partial charge is 0.168 e. The SMILES string of the molecule is CC(C)(C)Oc1ccc(OCc2ccccc2)c(F)c1. The molecular weight excluding hydrogens is 255 g/mol. The lowest BCUT2D eigenvalue weighted by molar-refractivity contribution is 0.130. The molecule has 2 rings (SSSR count). The molecule has 0 N–H and O–H groups in total. The molecule has 0 amide bonds. The van der Waals surface area contributed by atoms with Crippen LogP contribution in [0.25, 0.3) is 0 Å². The molecule has 20 heavy (non-hydrogen) atoms. The van der Waals surface area contributed by atoms with E-state index in [9.17, 15) is 4.39 Å². The minimum Gasteiger partial charge on any atom is -0.488 e. The minimum atomic E-state index is -0.414. The Kier molecular flexibility index (Phi) is 4.28. The summed E-state index contributed by atoms with van der Waals surface area (Å²) >= 11 is 0. The summed E-state index contributed by atoms with van der Waals surface area (Å²) in [6.45, 7) is 6.11. The van der Waals surface area contributed by atoms with Gasteiger partial charge < -0.3 is 9.47 Å². The zero-order valence-electron chi connectivity index (χ0n) is 12.0. The highest BCUT2D eigenvalue weighted by Gasteiger charge is 2.13. The van der Waals surface area contributed by atoms with E-state index in [1.165, 1.54) is 6.07 Å². The van der Waals surface area contributed by atoms with Crippen molar-refractivity contribution in [1.29, 1.82) is 0 Å². The maximum atomic E-state index is 13.9. The summed E-state index contributed by atoms with van der Waals surface area (Å²) in [5.74, 6) is 0.319. The lowest BCUT2D eigenvalue weighted by Gasteiger charge is -2.21. The van der Waals surface area contributed by atoms with E-state index in [4.69, 9.17) is 9.47 Å². The Hall–Kier alpha value is -2.03. The summed E-state index contributed by atoms with van der Waals surface area (Å²) in [5.41, 5.74) is 0.653. The van der Waals surface area contributed by atoms with Gasteiger partial charge in [0.25, 0.3) is 0 Å². The van der Waals surface area contributed by atoms with Crippen LogP contribution < -0.4 is 9.47 Å². The fourth-order valence-corrected chi connectivity index (χ4v) is 1.75. The van der Waals surface area contributed by atoms with Crippen LogP contribution in [0.5, 0.6) is 11.5 Å². The predicted molar refractivity (Wildman–Crippen MR) is 77.6 cm³/mol. The average Bonchev–Trinajstić information content (AvgIpc) is 2.37. The van der Waals surface area contributed by atoms with Gasteiger partial charge in [-0.1, -0.05) is 30.3 Å². The maximum absolute atomic E-state index is 13.9. The molecule has 2 nitrogen and oxygen atoms in total. The van der Waals surface area contributed by atoms with E-state index >= 15 is 0 Å². The number of halogens is 1. The Morgan fingerprint density at radius 3 is 2.30 bits per heavy atom. The summed E-state index contributed by atoms with van der Waals surface area (Å²) in [4.78, 5) is 0. The van der Waals surface area contributed by atoms with Crippen molar-refractivity contribution in [3.63, 3.8) is 0 Å². The third-order valence-electron chi connectivity index (χ3n) is 2.56. The zero-order chi connectivity index (χ0) is 14.6. The van der Waals surface area contributed by atoms with Gasteiger partial charge in [0.1, 0.15) is 18.0 Å². The maximum Gasteiger partial charge on any atom is 0.168 e. The number of hydrogen-bond donors (Lipinski definition) is 0. The highest BCUT2D eigenvalue weighted by atomic mass is 19.1. The van der Waals surface area contributed by atoms with Gasteiger partial charge in [-0.2, -0.15) is 0 Å². The normalized spacial score (nSPS) is 11.2. The quantitative estimate of drug-likeness (QED) is 0.812. The van der Waals surface area contributed by atoms with Gasteiger partial charge in [0.15, 0.2) is 11.6 Å². The Morgan fingerprint density at radius 2 is 1.70 bits per heavy atom. The topological polar surface area (TPSA) is 18.5 Å². The fraction of sp³-hybridized carbons (Fsp3) is 0.294. The number of ether oxygens (including phenoxy) is 2. The molecule has 0 unspecified atom stereocenters. The van der Waals surface area contributed by atoms with Crippen LogP contribution in [0.3, 0.4) is 0 Å². The first-order valence-corrected chi connectivity index (χ1v) is 6.59. The molecule has 0 fully saturated rings. The molecule has 0 aliphatic heterocycles. The van der Waals surface area contributed by atoms with E-state index < -0.39 is 5.82 Å². The van der Waals surface area contributed by atoms with E-state index in [0.29, 0.717) is 12.4 Å². The fourth-order valence-electron chi connectivity index (χ4n) is 1.75. The van der Waals surface area contributed by atoms with Crippen LogP contribution in [-0.4, -0.2) is 5.60 Å². The number of hydrogen-bond acceptors (Lipinski definition) is 2. The zero-order valence-corrected chi connectivity index (χ0v) is 12.0. The first-order chi connectivity index (χ1) is 9.44. The second-order valence-corrected chi connectivity index (χ2v) is 5.58.